The highest BCUT2D eigenvalue weighted by molar-refractivity contribution is 6.33. The molecule has 2 unspecified atom stereocenters. The van der Waals surface area contributed by atoms with Gasteiger partial charge in [0.2, 0.25) is 0 Å². The van der Waals surface area contributed by atoms with Crippen LogP contribution in [0.2, 0.25) is 5.02 Å². The van der Waals surface area contributed by atoms with E-state index in [0.717, 1.165) is 0 Å². The normalized spacial score (nSPS) is 15.1. The van der Waals surface area contributed by atoms with Crippen molar-refractivity contribution < 1.29 is 5.11 Å². The molecular weight excluding hydrogens is 200 g/mol. The number of benzene rings is 1. The van der Waals surface area contributed by atoms with Crippen molar-refractivity contribution in [1.29, 1.82) is 0 Å². The molecule has 0 aliphatic rings. The van der Waals surface area contributed by atoms with E-state index in [9.17, 15) is 5.11 Å². The summed E-state index contributed by atoms with van der Waals surface area (Å²) < 4.78 is 0. The van der Waals surface area contributed by atoms with Gasteiger partial charge in [-0.2, -0.15) is 0 Å². The smallest absolute Gasteiger partial charge is 0.0825 e. The lowest BCUT2D eigenvalue weighted by Gasteiger charge is -2.15. The number of para-hydroxylation sites is 1. The number of hydrogen-bond donors (Lipinski definition) is 3. The molecule has 0 spiro atoms. The number of aliphatic hydroxyl groups is 1. The van der Waals surface area contributed by atoms with Crippen molar-refractivity contribution in [3.63, 3.8) is 0 Å². The number of nitrogen functional groups attached to an aromatic ring is 1. The monoisotopic (exact) mass is 214 g/mol. The molecule has 2 atom stereocenters. The minimum absolute atomic E-state index is 0.0663. The van der Waals surface area contributed by atoms with Crippen LogP contribution >= 0.6 is 11.6 Å². The molecule has 78 valence electrons. The summed E-state index contributed by atoms with van der Waals surface area (Å²) in [5.74, 6) is 0. The van der Waals surface area contributed by atoms with E-state index in [-0.39, 0.29) is 6.04 Å². The second kappa shape index (κ2) is 4.64. The van der Waals surface area contributed by atoms with Crippen LogP contribution < -0.4 is 11.5 Å². The van der Waals surface area contributed by atoms with Crippen LogP contribution in [0.1, 0.15) is 25.0 Å². The summed E-state index contributed by atoms with van der Waals surface area (Å²) in [7, 11) is 0. The second-order valence-corrected chi connectivity index (χ2v) is 3.88. The highest BCUT2D eigenvalue weighted by Gasteiger charge is 2.13. The third-order valence-electron chi connectivity index (χ3n) is 2.04. The van der Waals surface area contributed by atoms with Gasteiger partial charge in [0.25, 0.3) is 0 Å². The first kappa shape index (κ1) is 11.3. The maximum Gasteiger partial charge on any atom is 0.0825 e. The van der Waals surface area contributed by atoms with Crippen molar-refractivity contribution in [3.05, 3.63) is 28.8 Å². The van der Waals surface area contributed by atoms with E-state index in [2.05, 4.69) is 0 Å². The lowest BCUT2D eigenvalue weighted by molar-refractivity contribution is 0.161. The van der Waals surface area contributed by atoms with Gasteiger partial charge >= 0.3 is 0 Å². The first-order chi connectivity index (χ1) is 6.52. The number of hydrogen-bond acceptors (Lipinski definition) is 3. The lowest BCUT2D eigenvalue weighted by Crippen LogP contribution is -2.19. The standard InChI is InChI=1S/C10H15ClN2O/c1-6(12)5-9(14)7-3-2-4-8(11)10(7)13/h2-4,6,9,14H,5,12-13H2,1H3. The van der Waals surface area contributed by atoms with Crippen molar-refractivity contribution >= 4 is 17.3 Å². The molecule has 0 bridgehead atoms. The molecule has 0 fully saturated rings. The van der Waals surface area contributed by atoms with Gasteiger partial charge in [-0.1, -0.05) is 23.7 Å². The summed E-state index contributed by atoms with van der Waals surface area (Å²) >= 11 is 5.83. The summed E-state index contributed by atoms with van der Waals surface area (Å²) in [5, 5.41) is 10.2. The first-order valence-electron chi connectivity index (χ1n) is 4.50. The summed E-state index contributed by atoms with van der Waals surface area (Å²) in [4.78, 5) is 0. The molecule has 0 aromatic heterocycles. The van der Waals surface area contributed by atoms with Gasteiger partial charge < -0.3 is 16.6 Å². The fraction of sp³-hybridized carbons (Fsp3) is 0.400. The molecule has 0 saturated heterocycles. The molecular formula is C10H15ClN2O. The Kier molecular flexibility index (Phi) is 3.75. The summed E-state index contributed by atoms with van der Waals surface area (Å²) in [5.41, 5.74) is 12.4. The highest BCUT2D eigenvalue weighted by atomic mass is 35.5. The molecule has 1 rings (SSSR count). The van der Waals surface area contributed by atoms with Crippen LogP contribution in [0.5, 0.6) is 0 Å². The number of nitrogens with two attached hydrogens (primary N) is 2. The SMILES string of the molecule is CC(N)CC(O)c1cccc(Cl)c1N. The van der Waals surface area contributed by atoms with Crippen LogP contribution in [0.15, 0.2) is 18.2 Å². The van der Waals surface area contributed by atoms with Crippen LogP contribution in [-0.4, -0.2) is 11.1 Å². The molecule has 0 radical (unpaired) electrons. The number of rotatable bonds is 3. The summed E-state index contributed by atoms with van der Waals surface area (Å²) in [6, 6.07) is 5.15. The molecule has 5 N–H and O–H groups in total. The van der Waals surface area contributed by atoms with E-state index >= 15 is 0 Å². The van der Waals surface area contributed by atoms with E-state index in [0.29, 0.717) is 22.7 Å². The summed E-state index contributed by atoms with van der Waals surface area (Å²) in [6.45, 7) is 1.84. The topological polar surface area (TPSA) is 72.3 Å². The fourth-order valence-corrected chi connectivity index (χ4v) is 1.51. The molecule has 0 heterocycles. The van der Waals surface area contributed by atoms with Gasteiger partial charge in [0.15, 0.2) is 0 Å². The molecule has 0 aliphatic heterocycles. The van der Waals surface area contributed by atoms with Crippen molar-refractivity contribution in [2.75, 3.05) is 5.73 Å². The van der Waals surface area contributed by atoms with Gasteiger partial charge in [-0.25, -0.2) is 0 Å². The maximum atomic E-state index is 9.78. The third kappa shape index (κ3) is 2.61. The second-order valence-electron chi connectivity index (χ2n) is 3.47. The molecule has 1 aromatic carbocycles. The van der Waals surface area contributed by atoms with Gasteiger partial charge in [-0.15, -0.1) is 0 Å². The number of halogens is 1. The quantitative estimate of drug-likeness (QED) is 0.671. The van der Waals surface area contributed by atoms with Crippen LogP contribution in [-0.2, 0) is 0 Å². The van der Waals surface area contributed by atoms with Gasteiger partial charge in [0, 0.05) is 11.6 Å². The largest absolute Gasteiger partial charge is 0.397 e. The minimum atomic E-state index is -0.645. The molecule has 0 saturated carbocycles. The van der Waals surface area contributed by atoms with Gasteiger partial charge in [0.05, 0.1) is 16.8 Å². The van der Waals surface area contributed by atoms with E-state index in [4.69, 9.17) is 23.1 Å². The Morgan fingerprint density at radius 2 is 2.14 bits per heavy atom. The summed E-state index contributed by atoms with van der Waals surface area (Å²) in [6.07, 6.45) is -0.168. The van der Waals surface area contributed by atoms with E-state index in [1.807, 2.05) is 6.92 Å². The average molecular weight is 215 g/mol. The van der Waals surface area contributed by atoms with Crippen LogP contribution in [0, 0.1) is 0 Å². The zero-order chi connectivity index (χ0) is 10.7. The fourth-order valence-electron chi connectivity index (χ4n) is 1.32. The Hall–Kier alpha value is -0.770. The maximum absolute atomic E-state index is 9.78. The van der Waals surface area contributed by atoms with Crippen molar-refractivity contribution in [2.24, 2.45) is 5.73 Å². The number of anilines is 1. The first-order valence-corrected chi connectivity index (χ1v) is 4.87. The predicted octanol–water partition coefficient (Wildman–Crippen LogP) is 1.69. The Bertz CT molecular complexity index is 315. The van der Waals surface area contributed by atoms with Gasteiger partial charge in [0.1, 0.15) is 0 Å². The van der Waals surface area contributed by atoms with E-state index < -0.39 is 6.10 Å². The van der Waals surface area contributed by atoms with Crippen molar-refractivity contribution in [1.82, 2.24) is 0 Å². The molecule has 1 aromatic rings. The Morgan fingerprint density at radius 3 is 2.71 bits per heavy atom. The van der Waals surface area contributed by atoms with E-state index in [1.165, 1.54) is 0 Å². The van der Waals surface area contributed by atoms with Gasteiger partial charge in [-0.3, -0.25) is 0 Å². The predicted molar refractivity (Wildman–Crippen MR) is 59.1 cm³/mol. The van der Waals surface area contributed by atoms with Crippen molar-refractivity contribution in [3.8, 4) is 0 Å². The molecule has 3 nitrogen and oxygen atoms in total. The minimum Gasteiger partial charge on any atom is -0.397 e. The average Bonchev–Trinajstić information content (AvgIpc) is 2.08. The zero-order valence-electron chi connectivity index (χ0n) is 8.07. The molecule has 4 heteroatoms. The molecule has 14 heavy (non-hydrogen) atoms. The van der Waals surface area contributed by atoms with Crippen LogP contribution in [0.25, 0.3) is 0 Å². The Morgan fingerprint density at radius 1 is 1.50 bits per heavy atom. The molecule has 0 amide bonds. The highest BCUT2D eigenvalue weighted by Crippen LogP contribution is 2.29. The molecule has 0 aliphatic carbocycles. The Balaban J connectivity index is 2.89. The third-order valence-corrected chi connectivity index (χ3v) is 2.37. The van der Waals surface area contributed by atoms with E-state index in [1.54, 1.807) is 18.2 Å². The Labute approximate surface area is 88.7 Å². The van der Waals surface area contributed by atoms with Gasteiger partial charge in [-0.05, 0) is 19.4 Å². The zero-order valence-corrected chi connectivity index (χ0v) is 8.83. The number of aliphatic hydroxyl groups excluding tert-OH is 1. The lowest BCUT2D eigenvalue weighted by atomic mass is 10.0. The van der Waals surface area contributed by atoms with Crippen LogP contribution in [0.3, 0.4) is 0 Å². The van der Waals surface area contributed by atoms with Crippen molar-refractivity contribution in [2.45, 2.75) is 25.5 Å². The van der Waals surface area contributed by atoms with Crippen LogP contribution in [0.4, 0.5) is 5.69 Å².